The van der Waals surface area contributed by atoms with Crippen LogP contribution in [0.1, 0.15) is 52.7 Å². The highest BCUT2D eigenvalue weighted by atomic mass is 16.6. The maximum atomic E-state index is 13.6. The topological polar surface area (TPSA) is 149 Å². The lowest BCUT2D eigenvalue weighted by Gasteiger charge is -2.37. The fourth-order valence-electron chi connectivity index (χ4n) is 5.09. The van der Waals surface area contributed by atoms with Gasteiger partial charge >= 0.3 is 12.2 Å². The summed E-state index contributed by atoms with van der Waals surface area (Å²) in [6.45, 7) is 10.9. The molecule has 2 rings (SSSR count). The molecule has 0 saturated heterocycles. The number of likely N-dealkylation sites (N-methyl/N-ethyl adjacent to an activating group) is 1. The fraction of sp³-hybridized carbons (Fsp3) is 0.559. The quantitative estimate of drug-likeness (QED) is 0.214. The van der Waals surface area contributed by atoms with Gasteiger partial charge in [-0.3, -0.25) is 9.69 Å². The Morgan fingerprint density at radius 1 is 0.778 bits per heavy atom. The van der Waals surface area contributed by atoms with E-state index < -0.39 is 59.4 Å². The Balaban J connectivity index is 2.17. The molecule has 0 bridgehead atoms. The fourth-order valence-corrected chi connectivity index (χ4v) is 5.09. The van der Waals surface area contributed by atoms with Crippen molar-refractivity contribution in [2.45, 2.75) is 90.3 Å². The smallest absolute Gasteiger partial charge is 0.409 e. The summed E-state index contributed by atoms with van der Waals surface area (Å²) in [6, 6.07) is 16.7. The molecule has 0 fully saturated rings. The number of alkyl carbamates (subject to hydrolysis) is 1. The summed E-state index contributed by atoms with van der Waals surface area (Å²) in [4.78, 5) is 39.8. The molecule has 0 heterocycles. The Kier molecular flexibility index (Phi) is 14.3. The number of hydrogen-bond acceptors (Lipinski definition) is 8. The average molecular weight is 629 g/mol. The molecule has 2 aromatic carbocycles. The van der Waals surface area contributed by atoms with Crippen LogP contribution < -0.4 is 16.0 Å². The van der Waals surface area contributed by atoms with Crippen molar-refractivity contribution in [1.82, 2.24) is 20.9 Å². The number of rotatable bonds is 14. The Labute approximate surface area is 267 Å². The number of nitrogens with one attached hydrogen (secondary N) is 3. The van der Waals surface area contributed by atoms with Crippen molar-refractivity contribution in [2.24, 2.45) is 5.41 Å². The zero-order chi connectivity index (χ0) is 33.8. The predicted octanol–water partition coefficient (Wildman–Crippen LogP) is 3.27. The molecule has 3 amide bonds. The first-order chi connectivity index (χ1) is 21.0. The number of aliphatic hydroxyl groups excluding tert-OH is 2. The number of methoxy groups -OCH3 is 1. The van der Waals surface area contributed by atoms with Gasteiger partial charge in [-0.25, -0.2) is 9.59 Å². The minimum absolute atomic E-state index is 0.0341. The molecule has 45 heavy (non-hydrogen) atoms. The van der Waals surface area contributed by atoms with E-state index >= 15 is 0 Å². The number of carbonyl (C=O) groups is 3. The Hall–Kier alpha value is -3.67. The van der Waals surface area contributed by atoms with E-state index in [2.05, 4.69) is 16.0 Å². The minimum Gasteiger partial charge on any atom is -0.453 e. The van der Waals surface area contributed by atoms with Crippen molar-refractivity contribution in [3.8, 4) is 0 Å². The van der Waals surface area contributed by atoms with Gasteiger partial charge < -0.3 is 35.6 Å². The molecular formula is C34H52N4O7. The molecule has 2 aromatic rings. The van der Waals surface area contributed by atoms with Crippen molar-refractivity contribution in [3.63, 3.8) is 0 Å². The number of benzene rings is 2. The third-order valence-corrected chi connectivity index (χ3v) is 7.18. The highest BCUT2D eigenvalue weighted by Crippen LogP contribution is 2.25. The maximum absolute atomic E-state index is 13.6. The molecule has 0 unspecified atom stereocenters. The monoisotopic (exact) mass is 628 g/mol. The summed E-state index contributed by atoms with van der Waals surface area (Å²) in [5, 5.41) is 31.3. The second-order valence-corrected chi connectivity index (χ2v) is 13.4. The minimum atomic E-state index is -1.06. The number of ether oxygens (including phenoxy) is 2. The van der Waals surface area contributed by atoms with Crippen LogP contribution in [0.5, 0.6) is 0 Å². The number of hydrogen-bond donors (Lipinski definition) is 5. The number of aliphatic hydroxyl groups is 2. The predicted molar refractivity (Wildman–Crippen MR) is 174 cm³/mol. The summed E-state index contributed by atoms with van der Waals surface area (Å²) in [5.41, 5.74) is 0.491. The summed E-state index contributed by atoms with van der Waals surface area (Å²) in [6.07, 6.45) is -2.68. The van der Waals surface area contributed by atoms with Gasteiger partial charge in [0.15, 0.2) is 0 Å². The van der Waals surface area contributed by atoms with E-state index in [0.717, 1.165) is 11.1 Å². The lowest BCUT2D eigenvalue weighted by atomic mass is 9.85. The number of carbonyl (C=O) groups excluding carboxylic acids is 3. The van der Waals surface area contributed by atoms with Crippen LogP contribution in [0.15, 0.2) is 60.7 Å². The average Bonchev–Trinajstić information content (AvgIpc) is 2.95. The summed E-state index contributed by atoms with van der Waals surface area (Å²) in [5.74, 6) is -0.431. The van der Waals surface area contributed by atoms with Gasteiger partial charge in [0.2, 0.25) is 5.91 Å². The van der Waals surface area contributed by atoms with E-state index in [-0.39, 0.29) is 13.1 Å². The van der Waals surface area contributed by atoms with Crippen LogP contribution in [0.4, 0.5) is 9.59 Å². The first-order valence-electron chi connectivity index (χ1n) is 15.3. The Morgan fingerprint density at radius 3 is 1.62 bits per heavy atom. The zero-order valence-corrected chi connectivity index (χ0v) is 27.9. The number of nitrogens with zero attached hydrogens (tertiary/aromatic N) is 1. The number of amides is 3. The summed E-state index contributed by atoms with van der Waals surface area (Å²) >= 11 is 0. The molecule has 0 radical (unpaired) electrons. The van der Waals surface area contributed by atoms with Crippen molar-refractivity contribution in [2.75, 3.05) is 27.2 Å². The standard InChI is InChI=1S/C34H52N4O7/c1-33(2,3)29(38(7)32(43)44-8)30(41)36-25(19-23-15-11-9-12-16-23)27(39)21-35-22-28(40)26(20-24-17-13-10-14-18-24)37-31(42)45-34(4,5)6/h9-18,25-29,35,39-40H,19-22H2,1-8H3,(H,36,41)(H,37,42)/t25-,26-,27+,28+,29+/m0/s1. The third kappa shape index (κ3) is 13.1. The highest BCUT2D eigenvalue weighted by Gasteiger charge is 2.39. The van der Waals surface area contributed by atoms with Crippen LogP contribution >= 0.6 is 0 Å². The van der Waals surface area contributed by atoms with E-state index in [0.29, 0.717) is 12.8 Å². The van der Waals surface area contributed by atoms with Crippen LogP contribution in [0, 0.1) is 5.41 Å². The van der Waals surface area contributed by atoms with Crippen molar-refractivity contribution < 1.29 is 34.1 Å². The molecule has 0 spiro atoms. The lowest BCUT2D eigenvalue weighted by molar-refractivity contribution is -0.130. The Bertz CT molecular complexity index is 1200. The van der Waals surface area contributed by atoms with E-state index in [1.54, 1.807) is 20.8 Å². The second kappa shape index (κ2) is 17.1. The maximum Gasteiger partial charge on any atom is 0.409 e. The first-order valence-corrected chi connectivity index (χ1v) is 15.3. The lowest BCUT2D eigenvalue weighted by Crippen LogP contribution is -2.59. The molecule has 0 aliphatic heterocycles. The van der Waals surface area contributed by atoms with E-state index in [1.807, 2.05) is 81.4 Å². The molecular weight excluding hydrogens is 576 g/mol. The second-order valence-electron chi connectivity index (χ2n) is 13.4. The molecule has 0 aliphatic carbocycles. The van der Waals surface area contributed by atoms with Gasteiger partial charge in [-0.1, -0.05) is 81.4 Å². The van der Waals surface area contributed by atoms with Crippen LogP contribution in [0.3, 0.4) is 0 Å². The highest BCUT2D eigenvalue weighted by molar-refractivity contribution is 5.86. The SMILES string of the molecule is COC(=O)N(C)[C@H](C(=O)N[C@@H](Cc1ccccc1)[C@H](O)CNC[C@@H](O)[C@H](Cc1ccccc1)NC(=O)OC(C)(C)C)C(C)(C)C. The Morgan fingerprint density at radius 2 is 1.22 bits per heavy atom. The molecule has 0 aromatic heterocycles. The summed E-state index contributed by atoms with van der Waals surface area (Å²) in [7, 11) is 2.76. The van der Waals surface area contributed by atoms with E-state index in [1.165, 1.54) is 19.1 Å². The van der Waals surface area contributed by atoms with Gasteiger partial charge in [0.1, 0.15) is 11.6 Å². The van der Waals surface area contributed by atoms with Crippen molar-refractivity contribution in [1.29, 1.82) is 0 Å². The normalized spacial score (nSPS) is 15.2. The zero-order valence-electron chi connectivity index (χ0n) is 27.9. The van der Waals surface area contributed by atoms with Gasteiger partial charge in [-0.2, -0.15) is 0 Å². The summed E-state index contributed by atoms with van der Waals surface area (Å²) < 4.78 is 10.3. The third-order valence-electron chi connectivity index (χ3n) is 7.18. The first kappa shape index (κ1) is 37.5. The van der Waals surface area contributed by atoms with Gasteiger partial charge in [0.25, 0.3) is 0 Å². The van der Waals surface area contributed by atoms with Crippen molar-refractivity contribution >= 4 is 18.1 Å². The van der Waals surface area contributed by atoms with Crippen LogP contribution in [-0.2, 0) is 27.1 Å². The van der Waals surface area contributed by atoms with Gasteiger partial charge in [0, 0.05) is 20.1 Å². The van der Waals surface area contributed by atoms with Gasteiger partial charge in [0.05, 0.1) is 31.4 Å². The molecule has 0 saturated carbocycles. The molecule has 11 heteroatoms. The molecule has 250 valence electrons. The molecule has 5 atom stereocenters. The van der Waals surface area contributed by atoms with E-state index in [4.69, 9.17) is 9.47 Å². The van der Waals surface area contributed by atoms with Gasteiger partial charge in [-0.05, 0) is 50.2 Å². The van der Waals surface area contributed by atoms with Crippen LogP contribution in [-0.4, -0.2) is 96.4 Å². The van der Waals surface area contributed by atoms with Crippen LogP contribution in [0.2, 0.25) is 0 Å². The van der Waals surface area contributed by atoms with Crippen molar-refractivity contribution in [3.05, 3.63) is 71.8 Å². The van der Waals surface area contributed by atoms with Crippen LogP contribution in [0.25, 0.3) is 0 Å². The van der Waals surface area contributed by atoms with Gasteiger partial charge in [-0.15, -0.1) is 0 Å². The molecule has 11 nitrogen and oxygen atoms in total. The van der Waals surface area contributed by atoms with E-state index in [9.17, 15) is 24.6 Å². The molecule has 0 aliphatic rings. The largest absolute Gasteiger partial charge is 0.453 e. The molecule has 5 N–H and O–H groups in total.